The lowest BCUT2D eigenvalue weighted by Crippen LogP contribution is -2.53. The monoisotopic (exact) mass is 349 g/mol. The summed E-state index contributed by atoms with van der Waals surface area (Å²) < 4.78 is 5.81. The fourth-order valence-corrected chi connectivity index (χ4v) is 2.86. The van der Waals surface area contributed by atoms with Crippen LogP contribution in [0, 0.1) is 17.2 Å². The van der Waals surface area contributed by atoms with Crippen molar-refractivity contribution in [3.8, 4) is 6.07 Å². The molecule has 2 rings (SSSR count). The summed E-state index contributed by atoms with van der Waals surface area (Å²) in [7, 11) is 0. The van der Waals surface area contributed by atoms with Crippen molar-refractivity contribution >= 4 is 17.5 Å². The van der Waals surface area contributed by atoms with Crippen LogP contribution in [0.3, 0.4) is 0 Å². The van der Waals surface area contributed by atoms with Crippen molar-refractivity contribution in [1.29, 1.82) is 5.26 Å². The van der Waals surface area contributed by atoms with Gasteiger partial charge in [-0.05, 0) is 18.9 Å². The van der Waals surface area contributed by atoms with E-state index < -0.39 is 5.54 Å². The first-order chi connectivity index (χ1) is 11.4. The summed E-state index contributed by atoms with van der Waals surface area (Å²) in [6, 6.07) is 9.79. The Kier molecular flexibility index (Phi) is 6.22. The predicted octanol–water partition coefficient (Wildman–Crippen LogP) is 2.77. The Bertz CT molecular complexity index is 629. The minimum absolute atomic E-state index is 0.0343. The molecule has 1 aromatic rings. The quantitative estimate of drug-likeness (QED) is 0.887. The van der Waals surface area contributed by atoms with E-state index in [2.05, 4.69) is 11.4 Å². The van der Waals surface area contributed by atoms with E-state index in [1.54, 1.807) is 6.92 Å². The van der Waals surface area contributed by atoms with Crippen molar-refractivity contribution in [2.45, 2.75) is 32.4 Å². The molecule has 0 spiro atoms. The zero-order valence-corrected chi connectivity index (χ0v) is 15.1. The van der Waals surface area contributed by atoms with Crippen LogP contribution >= 0.6 is 11.6 Å². The van der Waals surface area contributed by atoms with Crippen LogP contribution in [0.25, 0.3) is 0 Å². The number of ether oxygens (including phenoxy) is 1. The summed E-state index contributed by atoms with van der Waals surface area (Å²) in [5, 5.41) is 12.8. The molecule has 1 aliphatic heterocycles. The number of halogens is 1. The van der Waals surface area contributed by atoms with E-state index in [4.69, 9.17) is 16.3 Å². The number of amides is 1. The SMILES string of the molecule is CC(C)[C@@](C)(C#N)NC(=O)CN1CCO[C@@H](c2ccccc2Cl)C1. The van der Waals surface area contributed by atoms with Gasteiger partial charge in [-0.1, -0.05) is 43.6 Å². The third kappa shape index (κ3) is 4.47. The molecular weight excluding hydrogens is 326 g/mol. The number of hydrogen-bond donors (Lipinski definition) is 1. The number of carbonyl (C=O) groups excluding carboxylic acids is 1. The van der Waals surface area contributed by atoms with Crippen molar-refractivity contribution in [2.24, 2.45) is 5.92 Å². The zero-order chi connectivity index (χ0) is 17.7. The standard InChI is InChI=1S/C18H24ClN3O2/c1-13(2)18(3,12-20)21-17(23)11-22-8-9-24-16(10-22)14-6-4-5-7-15(14)19/h4-7,13,16H,8-11H2,1-3H3,(H,21,23)/t16-,18-/m1/s1. The molecule has 5 nitrogen and oxygen atoms in total. The van der Waals surface area contributed by atoms with E-state index in [1.807, 2.05) is 43.0 Å². The van der Waals surface area contributed by atoms with Gasteiger partial charge in [-0.15, -0.1) is 0 Å². The lowest BCUT2D eigenvalue weighted by Gasteiger charge is -2.34. The average Bonchev–Trinajstić information content (AvgIpc) is 2.55. The number of benzene rings is 1. The molecule has 1 fully saturated rings. The number of nitrogens with one attached hydrogen (secondary N) is 1. The number of morpholine rings is 1. The van der Waals surface area contributed by atoms with Crippen LogP contribution in [0.4, 0.5) is 0 Å². The smallest absolute Gasteiger partial charge is 0.235 e. The highest BCUT2D eigenvalue weighted by Crippen LogP contribution is 2.28. The minimum atomic E-state index is -0.856. The lowest BCUT2D eigenvalue weighted by molar-refractivity contribution is -0.126. The molecule has 1 heterocycles. The molecule has 0 radical (unpaired) electrons. The van der Waals surface area contributed by atoms with E-state index in [0.29, 0.717) is 24.7 Å². The van der Waals surface area contributed by atoms with Crippen LogP contribution in [0.2, 0.25) is 5.02 Å². The first kappa shape index (κ1) is 18.7. The van der Waals surface area contributed by atoms with Crippen molar-refractivity contribution in [1.82, 2.24) is 10.2 Å². The molecule has 2 atom stereocenters. The van der Waals surface area contributed by atoms with E-state index in [9.17, 15) is 10.1 Å². The van der Waals surface area contributed by atoms with Crippen LogP contribution < -0.4 is 5.32 Å². The first-order valence-electron chi connectivity index (χ1n) is 8.16. The van der Waals surface area contributed by atoms with Gasteiger partial charge in [-0.2, -0.15) is 5.26 Å². The Morgan fingerprint density at radius 3 is 2.88 bits per heavy atom. The normalized spacial score (nSPS) is 21.1. The molecule has 1 N–H and O–H groups in total. The summed E-state index contributed by atoms with van der Waals surface area (Å²) in [5.74, 6) is -0.112. The van der Waals surface area contributed by atoms with Gasteiger partial charge in [0.15, 0.2) is 0 Å². The van der Waals surface area contributed by atoms with Crippen molar-refractivity contribution < 1.29 is 9.53 Å². The molecule has 1 aliphatic rings. The minimum Gasteiger partial charge on any atom is -0.371 e. The fourth-order valence-electron chi connectivity index (χ4n) is 2.60. The van der Waals surface area contributed by atoms with Crippen molar-refractivity contribution in [2.75, 3.05) is 26.2 Å². The number of hydrogen-bond acceptors (Lipinski definition) is 4. The second-order valence-corrected chi connectivity index (χ2v) is 7.04. The van der Waals surface area contributed by atoms with Gasteiger partial charge in [0, 0.05) is 23.7 Å². The highest BCUT2D eigenvalue weighted by molar-refractivity contribution is 6.31. The first-order valence-corrected chi connectivity index (χ1v) is 8.54. The predicted molar refractivity (Wildman–Crippen MR) is 93.6 cm³/mol. The molecule has 0 aliphatic carbocycles. The second kappa shape index (κ2) is 7.98. The van der Waals surface area contributed by atoms with Crippen molar-refractivity contribution in [3.05, 3.63) is 34.9 Å². The summed E-state index contributed by atoms with van der Waals surface area (Å²) in [4.78, 5) is 14.4. The fraction of sp³-hybridized carbons (Fsp3) is 0.556. The van der Waals surface area contributed by atoms with E-state index in [0.717, 1.165) is 5.56 Å². The molecule has 1 aromatic carbocycles. The van der Waals surface area contributed by atoms with Gasteiger partial charge >= 0.3 is 0 Å². The lowest BCUT2D eigenvalue weighted by atomic mass is 9.90. The Labute approximate surface area is 148 Å². The van der Waals surface area contributed by atoms with Crippen LogP contribution in [0.15, 0.2) is 24.3 Å². The van der Waals surface area contributed by atoms with Gasteiger partial charge in [0.25, 0.3) is 0 Å². The maximum Gasteiger partial charge on any atom is 0.235 e. The van der Waals surface area contributed by atoms with Gasteiger partial charge < -0.3 is 10.1 Å². The topological polar surface area (TPSA) is 65.4 Å². The Balaban J connectivity index is 1.97. The zero-order valence-electron chi connectivity index (χ0n) is 14.4. The highest BCUT2D eigenvalue weighted by atomic mass is 35.5. The van der Waals surface area contributed by atoms with Gasteiger partial charge in [0.05, 0.1) is 25.3 Å². The maximum absolute atomic E-state index is 12.3. The third-order valence-corrected chi connectivity index (χ3v) is 4.90. The van der Waals surface area contributed by atoms with E-state index >= 15 is 0 Å². The van der Waals surface area contributed by atoms with Gasteiger partial charge in [-0.25, -0.2) is 0 Å². The summed E-state index contributed by atoms with van der Waals surface area (Å²) in [5.41, 5.74) is 0.0826. The molecule has 0 bridgehead atoms. The molecule has 1 saturated heterocycles. The summed E-state index contributed by atoms with van der Waals surface area (Å²) in [6.07, 6.45) is -0.146. The van der Waals surface area contributed by atoms with Crippen LogP contribution in [0.5, 0.6) is 0 Å². The van der Waals surface area contributed by atoms with Gasteiger partial charge in [0.1, 0.15) is 5.54 Å². The average molecular weight is 350 g/mol. The van der Waals surface area contributed by atoms with Gasteiger partial charge in [-0.3, -0.25) is 9.69 Å². The largest absolute Gasteiger partial charge is 0.371 e. The second-order valence-electron chi connectivity index (χ2n) is 6.63. The molecule has 1 amide bonds. The highest BCUT2D eigenvalue weighted by Gasteiger charge is 2.31. The maximum atomic E-state index is 12.3. The van der Waals surface area contributed by atoms with Gasteiger partial charge in [0.2, 0.25) is 5.91 Å². The number of nitriles is 1. The molecule has 0 aromatic heterocycles. The summed E-state index contributed by atoms with van der Waals surface area (Å²) in [6.45, 7) is 7.66. The van der Waals surface area contributed by atoms with E-state index in [-0.39, 0.29) is 24.5 Å². The molecule has 0 unspecified atom stereocenters. The number of nitrogens with zero attached hydrogens (tertiary/aromatic N) is 2. The summed E-state index contributed by atoms with van der Waals surface area (Å²) >= 11 is 6.24. The Morgan fingerprint density at radius 2 is 2.25 bits per heavy atom. The molecule has 0 saturated carbocycles. The third-order valence-electron chi connectivity index (χ3n) is 4.56. The Hall–Kier alpha value is -1.61. The molecule has 6 heteroatoms. The Morgan fingerprint density at radius 1 is 1.54 bits per heavy atom. The molecule has 24 heavy (non-hydrogen) atoms. The van der Waals surface area contributed by atoms with Crippen molar-refractivity contribution in [3.63, 3.8) is 0 Å². The molecular formula is C18H24ClN3O2. The van der Waals surface area contributed by atoms with Crippen LogP contribution in [-0.2, 0) is 9.53 Å². The number of rotatable bonds is 5. The molecule has 130 valence electrons. The van der Waals surface area contributed by atoms with Crippen LogP contribution in [-0.4, -0.2) is 42.6 Å². The number of carbonyl (C=O) groups is 1. The van der Waals surface area contributed by atoms with E-state index in [1.165, 1.54) is 0 Å². The van der Waals surface area contributed by atoms with Crippen LogP contribution in [0.1, 0.15) is 32.4 Å².